The Labute approximate surface area is 110 Å². The van der Waals surface area contributed by atoms with E-state index in [9.17, 15) is 0 Å². The van der Waals surface area contributed by atoms with Gasteiger partial charge in [-0.3, -0.25) is 0 Å². The molecule has 0 amide bonds. The number of rotatable bonds is 5. The summed E-state index contributed by atoms with van der Waals surface area (Å²) in [6.45, 7) is 9.69. The molecule has 1 fully saturated rings. The zero-order chi connectivity index (χ0) is 13.2. The molecule has 0 radical (unpaired) electrons. The monoisotopic (exact) mass is 247 g/mol. The highest BCUT2D eigenvalue weighted by Crippen LogP contribution is 2.24. The summed E-state index contributed by atoms with van der Waals surface area (Å²) in [6, 6.07) is 4.99. The first-order valence-electron chi connectivity index (χ1n) is 6.92. The van der Waals surface area contributed by atoms with Crippen molar-refractivity contribution in [1.82, 2.24) is 10.3 Å². The molecule has 1 saturated carbocycles. The van der Waals surface area contributed by atoms with Gasteiger partial charge in [0.1, 0.15) is 5.82 Å². The Balaban J connectivity index is 1.88. The molecule has 3 heteroatoms. The summed E-state index contributed by atoms with van der Waals surface area (Å²) in [5, 5.41) is 6.95. The number of hydrogen-bond donors (Lipinski definition) is 2. The van der Waals surface area contributed by atoms with Crippen molar-refractivity contribution in [3.8, 4) is 0 Å². The molecule has 0 saturated heterocycles. The largest absolute Gasteiger partial charge is 0.367 e. The van der Waals surface area contributed by atoms with Gasteiger partial charge in [-0.1, -0.05) is 6.07 Å². The average molecular weight is 247 g/mol. The fourth-order valence-corrected chi connectivity index (χ4v) is 1.94. The molecular weight excluding hydrogens is 222 g/mol. The predicted octanol–water partition coefficient (Wildman–Crippen LogP) is 2.89. The SMILES string of the molecule is Cc1nc(NC2CC2)ccc1CCNC(C)(C)C. The van der Waals surface area contributed by atoms with Gasteiger partial charge >= 0.3 is 0 Å². The van der Waals surface area contributed by atoms with E-state index in [1.165, 1.54) is 18.4 Å². The second-order valence-electron chi connectivity index (χ2n) is 6.29. The molecule has 3 nitrogen and oxygen atoms in total. The summed E-state index contributed by atoms with van der Waals surface area (Å²) in [5.74, 6) is 1.03. The first-order valence-corrected chi connectivity index (χ1v) is 6.92. The minimum Gasteiger partial charge on any atom is -0.367 e. The summed E-state index contributed by atoms with van der Waals surface area (Å²) in [7, 11) is 0. The van der Waals surface area contributed by atoms with Crippen molar-refractivity contribution in [3.63, 3.8) is 0 Å². The highest BCUT2D eigenvalue weighted by molar-refractivity contribution is 5.40. The van der Waals surface area contributed by atoms with Crippen LogP contribution in [0.4, 0.5) is 5.82 Å². The summed E-state index contributed by atoms with van der Waals surface area (Å²) in [5.41, 5.74) is 2.68. The smallest absolute Gasteiger partial charge is 0.126 e. The number of hydrogen-bond acceptors (Lipinski definition) is 3. The van der Waals surface area contributed by atoms with E-state index in [1.807, 2.05) is 0 Å². The number of aromatic nitrogens is 1. The Kier molecular flexibility index (Phi) is 3.91. The molecular formula is C15H25N3. The van der Waals surface area contributed by atoms with E-state index < -0.39 is 0 Å². The molecule has 0 spiro atoms. The van der Waals surface area contributed by atoms with Crippen molar-refractivity contribution in [1.29, 1.82) is 0 Å². The maximum Gasteiger partial charge on any atom is 0.126 e. The minimum atomic E-state index is 0.189. The maximum atomic E-state index is 4.63. The van der Waals surface area contributed by atoms with Crippen LogP contribution >= 0.6 is 0 Å². The van der Waals surface area contributed by atoms with Gasteiger partial charge in [-0.15, -0.1) is 0 Å². The highest BCUT2D eigenvalue weighted by Gasteiger charge is 2.21. The van der Waals surface area contributed by atoms with Gasteiger partial charge in [-0.05, 0) is 65.1 Å². The molecule has 100 valence electrons. The van der Waals surface area contributed by atoms with Crippen LogP contribution in [0.25, 0.3) is 0 Å². The van der Waals surface area contributed by atoms with Gasteiger partial charge in [0.05, 0.1) is 0 Å². The predicted molar refractivity (Wildman–Crippen MR) is 77.1 cm³/mol. The van der Waals surface area contributed by atoms with Crippen molar-refractivity contribution in [2.75, 3.05) is 11.9 Å². The fourth-order valence-electron chi connectivity index (χ4n) is 1.94. The van der Waals surface area contributed by atoms with Gasteiger partial charge in [-0.25, -0.2) is 4.98 Å². The number of pyridine rings is 1. The van der Waals surface area contributed by atoms with Gasteiger partial charge in [-0.2, -0.15) is 0 Å². The lowest BCUT2D eigenvalue weighted by molar-refractivity contribution is 0.429. The third-order valence-electron chi connectivity index (χ3n) is 3.17. The molecule has 1 heterocycles. The maximum absolute atomic E-state index is 4.63. The van der Waals surface area contributed by atoms with E-state index in [1.54, 1.807) is 0 Å². The third-order valence-corrected chi connectivity index (χ3v) is 3.17. The first-order chi connectivity index (χ1) is 8.44. The lowest BCUT2D eigenvalue weighted by Crippen LogP contribution is -2.37. The summed E-state index contributed by atoms with van der Waals surface area (Å²) < 4.78 is 0. The third kappa shape index (κ3) is 4.30. The van der Waals surface area contributed by atoms with Gasteiger partial charge in [0, 0.05) is 17.3 Å². The van der Waals surface area contributed by atoms with Gasteiger partial charge in [0.2, 0.25) is 0 Å². The average Bonchev–Trinajstić information content (AvgIpc) is 3.03. The molecule has 0 aromatic carbocycles. The number of nitrogens with one attached hydrogen (secondary N) is 2. The highest BCUT2D eigenvalue weighted by atomic mass is 15.0. The van der Waals surface area contributed by atoms with Gasteiger partial charge in [0.25, 0.3) is 0 Å². The second kappa shape index (κ2) is 5.27. The van der Waals surface area contributed by atoms with Crippen molar-refractivity contribution >= 4 is 5.82 Å². The lowest BCUT2D eigenvalue weighted by atomic mass is 10.1. The molecule has 1 aliphatic rings. The van der Waals surface area contributed by atoms with Crippen molar-refractivity contribution < 1.29 is 0 Å². The van der Waals surface area contributed by atoms with E-state index >= 15 is 0 Å². The van der Waals surface area contributed by atoms with Crippen molar-refractivity contribution in [2.24, 2.45) is 0 Å². The quantitative estimate of drug-likeness (QED) is 0.840. The van der Waals surface area contributed by atoms with Crippen LogP contribution in [0.5, 0.6) is 0 Å². The summed E-state index contributed by atoms with van der Waals surface area (Å²) >= 11 is 0. The Hall–Kier alpha value is -1.09. The van der Waals surface area contributed by atoms with E-state index in [0.29, 0.717) is 6.04 Å². The van der Waals surface area contributed by atoms with Crippen molar-refractivity contribution in [3.05, 3.63) is 23.4 Å². The molecule has 0 unspecified atom stereocenters. The van der Waals surface area contributed by atoms with Crippen LogP contribution in [0.15, 0.2) is 12.1 Å². The number of anilines is 1. The van der Waals surface area contributed by atoms with E-state index in [2.05, 4.69) is 55.4 Å². The lowest BCUT2D eigenvalue weighted by Gasteiger charge is -2.20. The van der Waals surface area contributed by atoms with Crippen LogP contribution in [-0.2, 0) is 6.42 Å². The Morgan fingerprint density at radius 3 is 2.56 bits per heavy atom. The number of aryl methyl sites for hydroxylation is 1. The minimum absolute atomic E-state index is 0.189. The molecule has 1 aliphatic carbocycles. The molecule has 0 bridgehead atoms. The standard InChI is InChI=1S/C15H25N3/c1-11-12(9-10-16-15(2,3)4)5-8-14(17-11)18-13-6-7-13/h5,8,13,16H,6-7,9-10H2,1-4H3,(H,17,18). The second-order valence-corrected chi connectivity index (χ2v) is 6.29. The van der Waals surface area contributed by atoms with Crippen LogP contribution in [0, 0.1) is 6.92 Å². The molecule has 0 atom stereocenters. The van der Waals surface area contributed by atoms with Crippen LogP contribution in [0.2, 0.25) is 0 Å². The fraction of sp³-hybridized carbons (Fsp3) is 0.667. The zero-order valence-corrected chi connectivity index (χ0v) is 12.0. The van der Waals surface area contributed by atoms with E-state index in [-0.39, 0.29) is 5.54 Å². The van der Waals surface area contributed by atoms with Crippen LogP contribution in [-0.4, -0.2) is 23.1 Å². The molecule has 0 aliphatic heterocycles. The van der Waals surface area contributed by atoms with Crippen LogP contribution < -0.4 is 10.6 Å². The Morgan fingerprint density at radius 1 is 1.28 bits per heavy atom. The van der Waals surface area contributed by atoms with Gasteiger partial charge < -0.3 is 10.6 Å². The normalized spacial score (nSPS) is 15.8. The summed E-state index contributed by atoms with van der Waals surface area (Å²) in [6.07, 6.45) is 3.62. The van der Waals surface area contributed by atoms with Gasteiger partial charge in [0.15, 0.2) is 0 Å². The van der Waals surface area contributed by atoms with Crippen molar-refractivity contribution in [2.45, 2.75) is 58.5 Å². The number of nitrogens with zero attached hydrogens (tertiary/aromatic N) is 1. The van der Waals surface area contributed by atoms with Crippen LogP contribution in [0.3, 0.4) is 0 Å². The van der Waals surface area contributed by atoms with E-state index in [4.69, 9.17) is 0 Å². The topological polar surface area (TPSA) is 37.0 Å². The molecule has 2 rings (SSSR count). The Morgan fingerprint density at radius 2 is 2.00 bits per heavy atom. The van der Waals surface area contributed by atoms with E-state index in [0.717, 1.165) is 24.5 Å². The Bertz CT molecular complexity index is 403. The molecule has 18 heavy (non-hydrogen) atoms. The molecule has 1 aromatic rings. The van der Waals surface area contributed by atoms with Crippen LogP contribution in [0.1, 0.15) is 44.9 Å². The first kappa shape index (κ1) is 13.3. The summed E-state index contributed by atoms with van der Waals surface area (Å²) in [4.78, 5) is 4.63. The molecule has 1 aromatic heterocycles. The zero-order valence-electron chi connectivity index (χ0n) is 12.0. The molecule has 2 N–H and O–H groups in total.